The first-order chi connectivity index (χ1) is 12.5. The average molecular weight is 379 g/mol. The van der Waals surface area contributed by atoms with Crippen LogP contribution in [-0.2, 0) is 19.5 Å². The summed E-state index contributed by atoms with van der Waals surface area (Å²) >= 11 is 5.77. The van der Waals surface area contributed by atoms with Gasteiger partial charge in [0, 0.05) is 19.6 Å². The summed E-state index contributed by atoms with van der Waals surface area (Å²) in [6, 6.07) is 8.10. The van der Waals surface area contributed by atoms with E-state index >= 15 is 0 Å². The molecular weight excluding hydrogens is 359 g/mol. The predicted octanol–water partition coefficient (Wildman–Crippen LogP) is 3.76. The smallest absolute Gasteiger partial charge is 0.317 e. The predicted molar refractivity (Wildman–Crippen MR) is 97.3 cm³/mol. The number of nitrogens with one attached hydrogen (secondary N) is 1. The Kier molecular flexibility index (Phi) is 5.52. The molecular formula is C19H20ClFN2O3. The van der Waals surface area contributed by atoms with Gasteiger partial charge in [0.2, 0.25) is 0 Å². The summed E-state index contributed by atoms with van der Waals surface area (Å²) in [5.41, 5.74) is 2.93. The van der Waals surface area contributed by atoms with Gasteiger partial charge in [-0.15, -0.1) is 0 Å². The molecule has 7 heteroatoms. The lowest BCUT2D eigenvalue weighted by Gasteiger charge is -2.29. The van der Waals surface area contributed by atoms with E-state index in [4.69, 9.17) is 21.1 Å². The lowest BCUT2D eigenvalue weighted by molar-refractivity contribution is 0.191. The highest BCUT2D eigenvalue weighted by molar-refractivity contribution is 6.30. The maximum atomic E-state index is 13.2. The van der Waals surface area contributed by atoms with E-state index < -0.39 is 5.82 Å². The molecule has 0 atom stereocenters. The zero-order chi connectivity index (χ0) is 18.7. The van der Waals surface area contributed by atoms with E-state index in [2.05, 4.69) is 5.32 Å². The number of fused-ring (bicyclic) bond motifs is 1. The number of rotatable bonds is 4. The summed E-state index contributed by atoms with van der Waals surface area (Å²) < 4.78 is 23.9. The van der Waals surface area contributed by atoms with Crippen molar-refractivity contribution in [2.75, 3.05) is 20.8 Å². The molecule has 0 aliphatic carbocycles. The highest BCUT2D eigenvalue weighted by Gasteiger charge is 2.22. The van der Waals surface area contributed by atoms with Crippen molar-refractivity contribution in [3.05, 3.63) is 57.9 Å². The fraction of sp³-hybridized carbons (Fsp3) is 0.316. The minimum Gasteiger partial charge on any atom is -0.493 e. The Hall–Kier alpha value is -2.47. The normalized spacial score (nSPS) is 13.2. The number of hydrogen-bond donors (Lipinski definition) is 1. The zero-order valence-electron chi connectivity index (χ0n) is 14.6. The van der Waals surface area contributed by atoms with Gasteiger partial charge in [-0.3, -0.25) is 0 Å². The van der Waals surface area contributed by atoms with Crippen molar-refractivity contribution >= 4 is 17.6 Å². The van der Waals surface area contributed by atoms with Crippen LogP contribution in [0.25, 0.3) is 0 Å². The van der Waals surface area contributed by atoms with Gasteiger partial charge in [0.1, 0.15) is 5.82 Å². The van der Waals surface area contributed by atoms with Gasteiger partial charge in [-0.05, 0) is 47.4 Å². The molecule has 2 aromatic rings. The summed E-state index contributed by atoms with van der Waals surface area (Å²) in [4.78, 5) is 14.2. The van der Waals surface area contributed by atoms with E-state index in [1.165, 1.54) is 12.1 Å². The van der Waals surface area contributed by atoms with Gasteiger partial charge in [0.05, 0.1) is 19.2 Å². The Balaban J connectivity index is 1.66. The molecule has 1 aliphatic rings. The second-order valence-corrected chi connectivity index (χ2v) is 6.46. The third-order valence-corrected chi connectivity index (χ3v) is 4.72. The Morgan fingerprint density at radius 1 is 1.19 bits per heavy atom. The van der Waals surface area contributed by atoms with Gasteiger partial charge >= 0.3 is 6.03 Å². The fourth-order valence-corrected chi connectivity index (χ4v) is 3.20. The molecule has 2 aromatic carbocycles. The molecule has 1 aliphatic heterocycles. The average Bonchev–Trinajstić information content (AvgIpc) is 2.66. The molecule has 0 spiro atoms. The van der Waals surface area contributed by atoms with Crippen LogP contribution in [0.15, 0.2) is 30.3 Å². The molecule has 0 aromatic heterocycles. The molecule has 3 rings (SSSR count). The van der Waals surface area contributed by atoms with E-state index in [1.807, 2.05) is 12.1 Å². The second kappa shape index (κ2) is 7.83. The summed E-state index contributed by atoms with van der Waals surface area (Å²) in [5.74, 6) is 0.866. The minimum atomic E-state index is -0.473. The van der Waals surface area contributed by atoms with Crippen LogP contribution in [-0.4, -0.2) is 31.7 Å². The summed E-state index contributed by atoms with van der Waals surface area (Å²) in [5, 5.41) is 2.89. The number of amides is 2. The van der Waals surface area contributed by atoms with E-state index in [-0.39, 0.29) is 17.6 Å². The molecule has 1 N–H and O–H groups in total. The number of nitrogens with zero attached hydrogens (tertiary/aromatic N) is 1. The number of ether oxygens (including phenoxy) is 2. The van der Waals surface area contributed by atoms with E-state index in [0.717, 1.165) is 23.1 Å². The minimum absolute atomic E-state index is 0.0460. The van der Waals surface area contributed by atoms with Crippen molar-refractivity contribution in [3.8, 4) is 11.5 Å². The largest absolute Gasteiger partial charge is 0.493 e. The van der Waals surface area contributed by atoms with Crippen molar-refractivity contribution < 1.29 is 18.7 Å². The molecule has 0 unspecified atom stereocenters. The van der Waals surface area contributed by atoms with Crippen LogP contribution in [0, 0.1) is 5.82 Å². The first kappa shape index (κ1) is 18.3. The SMILES string of the molecule is COc1cc2c(cc1OC)CN(C(=O)NCc1ccc(F)c(Cl)c1)CC2. The second-order valence-electron chi connectivity index (χ2n) is 6.05. The van der Waals surface area contributed by atoms with Crippen LogP contribution in [0.2, 0.25) is 5.02 Å². The molecule has 26 heavy (non-hydrogen) atoms. The van der Waals surface area contributed by atoms with Crippen molar-refractivity contribution in [1.29, 1.82) is 0 Å². The molecule has 0 saturated carbocycles. The van der Waals surface area contributed by atoms with Crippen molar-refractivity contribution in [1.82, 2.24) is 10.2 Å². The Morgan fingerprint density at radius 3 is 2.54 bits per heavy atom. The van der Waals surface area contributed by atoms with Gasteiger partial charge in [-0.2, -0.15) is 0 Å². The van der Waals surface area contributed by atoms with E-state index in [9.17, 15) is 9.18 Å². The van der Waals surface area contributed by atoms with Crippen LogP contribution in [0.1, 0.15) is 16.7 Å². The van der Waals surface area contributed by atoms with Crippen LogP contribution in [0.4, 0.5) is 9.18 Å². The molecule has 0 saturated heterocycles. The Morgan fingerprint density at radius 2 is 1.88 bits per heavy atom. The van der Waals surface area contributed by atoms with Gasteiger partial charge in [0.25, 0.3) is 0 Å². The van der Waals surface area contributed by atoms with Crippen LogP contribution in [0.3, 0.4) is 0 Å². The van der Waals surface area contributed by atoms with E-state index in [0.29, 0.717) is 24.6 Å². The van der Waals surface area contributed by atoms with Crippen molar-refractivity contribution in [2.45, 2.75) is 19.5 Å². The lowest BCUT2D eigenvalue weighted by atomic mass is 9.99. The first-order valence-corrected chi connectivity index (χ1v) is 8.60. The molecule has 0 radical (unpaired) electrons. The molecule has 1 heterocycles. The number of urea groups is 1. The van der Waals surface area contributed by atoms with Crippen molar-refractivity contribution in [2.24, 2.45) is 0 Å². The Bertz CT molecular complexity index is 829. The van der Waals surface area contributed by atoms with E-state index in [1.54, 1.807) is 25.2 Å². The first-order valence-electron chi connectivity index (χ1n) is 8.22. The highest BCUT2D eigenvalue weighted by atomic mass is 35.5. The summed E-state index contributed by atoms with van der Waals surface area (Å²) in [6.45, 7) is 1.39. The van der Waals surface area contributed by atoms with Crippen LogP contribution in [0.5, 0.6) is 11.5 Å². The van der Waals surface area contributed by atoms with Crippen molar-refractivity contribution in [3.63, 3.8) is 0 Å². The topological polar surface area (TPSA) is 50.8 Å². The quantitative estimate of drug-likeness (QED) is 0.881. The standard InChI is InChI=1S/C19H20ClFN2O3/c1-25-17-8-13-5-6-23(11-14(13)9-18(17)26-2)19(24)22-10-12-3-4-16(21)15(20)7-12/h3-4,7-9H,5-6,10-11H2,1-2H3,(H,22,24). The number of methoxy groups -OCH3 is 2. The summed E-state index contributed by atoms with van der Waals surface area (Å²) in [7, 11) is 3.19. The molecule has 138 valence electrons. The molecule has 5 nitrogen and oxygen atoms in total. The highest BCUT2D eigenvalue weighted by Crippen LogP contribution is 2.33. The molecule has 0 bridgehead atoms. The maximum absolute atomic E-state index is 13.2. The van der Waals surface area contributed by atoms with Gasteiger partial charge < -0.3 is 19.7 Å². The molecule has 2 amide bonds. The maximum Gasteiger partial charge on any atom is 0.317 e. The molecule has 0 fully saturated rings. The lowest BCUT2D eigenvalue weighted by Crippen LogP contribution is -2.42. The van der Waals surface area contributed by atoms with Gasteiger partial charge in [-0.1, -0.05) is 17.7 Å². The number of benzene rings is 2. The van der Waals surface area contributed by atoms with Gasteiger partial charge in [0.15, 0.2) is 11.5 Å². The van der Waals surface area contributed by atoms with Crippen LogP contribution < -0.4 is 14.8 Å². The third-order valence-electron chi connectivity index (χ3n) is 4.43. The van der Waals surface area contributed by atoms with Gasteiger partial charge in [-0.25, -0.2) is 9.18 Å². The zero-order valence-corrected chi connectivity index (χ0v) is 15.4. The Labute approximate surface area is 156 Å². The summed E-state index contributed by atoms with van der Waals surface area (Å²) in [6.07, 6.45) is 0.742. The van der Waals surface area contributed by atoms with Crippen LogP contribution >= 0.6 is 11.6 Å². The fourth-order valence-electron chi connectivity index (χ4n) is 3.00. The number of halogens is 2. The monoisotopic (exact) mass is 378 g/mol. The number of hydrogen-bond acceptors (Lipinski definition) is 3. The number of carbonyl (C=O) groups is 1. The number of carbonyl (C=O) groups excluding carboxylic acids is 1. The third kappa shape index (κ3) is 3.85.